The van der Waals surface area contributed by atoms with Crippen molar-refractivity contribution >= 4 is 22.6 Å². The van der Waals surface area contributed by atoms with E-state index >= 15 is 0 Å². The number of H-pyrrole nitrogens is 1. The average Bonchev–Trinajstić information content (AvgIpc) is 2.65. The lowest BCUT2D eigenvalue weighted by molar-refractivity contribution is 0.250. The van der Waals surface area contributed by atoms with Crippen molar-refractivity contribution in [1.29, 1.82) is 0 Å². The summed E-state index contributed by atoms with van der Waals surface area (Å²) in [5, 5.41) is 6.64. The molecule has 84 valence electrons. The van der Waals surface area contributed by atoms with E-state index < -0.39 is 0 Å². The van der Waals surface area contributed by atoms with Crippen molar-refractivity contribution < 1.29 is 4.79 Å². The van der Waals surface area contributed by atoms with E-state index in [2.05, 4.69) is 15.6 Å². The van der Waals surface area contributed by atoms with Gasteiger partial charge in [0.15, 0.2) is 0 Å². The second-order valence-electron chi connectivity index (χ2n) is 4.00. The molecule has 1 aromatic carbocycles. The number of hydrogen-bond donors (Lipinski definition) is 3. The van der Waals surface area contributed by atoms with Crippen LogP contribution in [0.3, 0.4) is 0 Å². The van der Waals surface area contributed by atoms with Gasteiger partial charge in [-0.15, -0.1) is 0 Å². The van der Waals surface area contributed by atoms with Crippen molar-refractivity contribution in [3.8, 4) is 0 Å². The first-order chi connectivity index (χ1) is 7.66. The number of rotatable bonds is 2. The molecule has 0 aliphatic rings. The molecule has 0 saturated heterocycles. The van der Waals surface area contributed by atoms with Crippen molar-refractivity contribution in [3.05, 3.63) is 30.5 Å². The molecule has 0 aliphatic heterocycles. The van der Waals surface area contributed by atoms with Gasteiger partial charge in [-0.1, -0.05) is 6.07 Å². The molecule has 0 unspecified atom stereocenters. The Labute approximate surface area is 94.0 Å². The lowest BCUT2D eigenvalue weighted by Crippen LogP contribution is -2.34. The molecule has 0 fully saturated rings. The molecule has 0 bridgehead atoms. The van der Waals surface area contributed by atoms with Crippen LogP contribution < -0.4 is 10.6 Å². The van der Waals surface area contributed by atoms with E-state index in [-0.39, 0.29) is 12.1 Å². The molecular formula is C12H15N3O. The minimum absolute atomic E-state index is 0.130. The van der Waals surface area contributed by atoms with Crippen LogP contribution in [0.5, 0.6) is 0 Å². The number of aromatic amines is 1. The van der Waals surface area contributed by atoms with Crippen molar-refractivity contribution in [1.82, 2.24) is 10.3 Å². The van der Waals surface area contributed by atoms with Gasteiger partial charge >= 0.3 is 6.03 Å². The maximum atomic E-state index is 11.6. The van der Waals surface area contributed by atoms with E-state index in [0.717, 1.165) is 16.6 Å². The van der Waals surface area contributed by atoms with Gasteiger partial charge in [0.25, 0.3) is 0 Å². The third kappa shape index (κ3) is 2.16. The standard InChI is InChI=1S/C12H15N3O/c1-8(2)14-12(16)15-11-5-3-4-10-9(11)6-7-13-10/h3-8,13H,1-2H3,(H2,14,15,16). The molecular weight excluding hydrogens is 202 g/mol. The maximum absolute atomic E-state index is 11.6. The minimum atomic E-state index is -0.177. The molecule has 2 aromatic rings. The first kappa shape index (κ1) is 10.5. The van der Waals surface area contributed by atoms with Crippen LogP contribution in [0, 0.1) is 0 Å². The Hall–Kier alpha value is -1.97. The molecule has 1 aromatic heterocycles. The van der Waals surface area contributed by atoms with Crippen LogP contribution in [0.4, 0.5) is 10.5 Å². The van der Waals surface area contributed by atoms with Crippen LogP contribution in [0.2, 0.25) is 0 Å². The van der Waals surface area contributed by atoms with Crippen molar-refractivity contribution in [2.45, 2.75) is 19.9 Å². The topological polar surface area (TPSA) is 56.9 Å². The molecule has 0 spiro atoms. The summed E-state index contributed by atoms with van der Waals surface area (Å²) in [6.45, 7) is 3.85. The van der Waals surface area contributed by atoms with Crippen molar-refractivity contribution in [3.63, 3.8) is 0 Å². The Kier molecular flexibility index (Phi) is 2.81. The summed E-state index contributed by atoms with van der Waals surface area (Å²) in [7, 11) is 0. The molecule has 2 rings (SSSR count). The third-order valence-corrected chi connectivity index (χ3v) is 2.26. The number of hydrogen-bond acceptors (Lipinski definition) is 1. The molecule has 3 N–H and O–H groups in total. The molecule has 16 heavy (non-hydrogen) atoms. The van der Waals surface area contributed by atoms with Crippen LogP contribution in [0.25, 0.3) is 10.9 Å². The number of carbonyl (C=O) groups excluding carboxylic acids is 1. The average molecular weight is 217 g/mol. The fourth-order valence-electron chi connectivity index (χ4n) is 1.61. The normalized spacial score (nSPS) is 10.7. The maximum Gasteiger partial charge on any atom is 0.319 e. The first-order valence-corrected chi connectivity index (χ1v) is 5.30. The molecule has 2 amide bonds. The van der Waals surface area contributed by atoms with E-state index in [1.807, 2.05) is 44.3 Å². The number of fused-ring (bicyclic) bond motifs is 1. The Morgan fingerprint density at radius 1 is 1.31 bits per heavy atom. The zero-order valence-corrected chi connectivity index (χ0v) is 9.37. The molecule has 4 nitrogen and oxygen atoms in total. The smallest absolute Gasteiger partial charge is 0.319 e. The number of amides is 2. The second-order valence-corrected chi connectivity index (χ2v) is 4.00. The fraction of sp³-hybridized carbons (Fsp3) is 0.250. The molecule has 4 heteroatoms. The van der Waals surface area contributed by atoms with Crippen molar-refractivity contribution in [2.75, 3.05) is 5.32 Å². The molecule has 0 aliphatic carbocycles. The SMILES string of the molecule is CC(C)NC(=O)Nc1cccc2[nH]ccc12. The van der Waals surface area contributed by atoms with Gasteiger partial charge in [-0.05, 0) is 32.0 Å². The Morgan fingerprint density at radius 3 is 2.88 bits per heavy atom. The van der Waals surface area contributed by atoms with Crippen LogP contribution >= 0.6 is 0 Å². The number of urea groups is 1. The number of anilines is 1. The van der Waals surface area contributed by atoms with E-state index in [0.29, 0.717) is 0 Å². The first-order valence-electron chi connectivity index (χ1n) is 5.30. The summed E-state index contributed by atoms with van der Waals surface area (Å²) < 4.78 is 0. The lowest BCUT2D eigenvalue weighted by Gasteiger charge is -2.10. The van der Waals surface area contributed by atoms with Crippen LogP contribution in [-0.2, 0) is 0 Å². The number of benzene rings is 1. The van der Waals surface area contributed by atoms with E-state index in [9.17, 15) is 4.79 Å². The van der Waals surface area contributed by atoms with Gasteiger partial charge in [0.05, 0.1) is 5.69 Å². The Bertz CT molecular complexity index is 502. The Morgan fingerprint density at radius 2 is 2.12 bits per heavy atom. The van der Waals surface area contributed by atoms with Gasteiger partial charge in [-0.2, -0.15) is 0 Å². The number of nitrogens with one attached hydrogen (secondary N) is 3. The summed E-state index contributed by atoms with van der Waals surface area (Å²) in [4.78, 5) is 14.7. The fourth-order valence-corrected chi connectivity index (χ4v) is 1.61. The van der Waals surface area contributed by atoms with E-state index in [1.165, 1.54) is 0 Å². The van der Waals surface area contributed by atoms with E-state index in [4.69, 9.17) is 0 Å². The summed E-state index contributed by atoms with van der Waals surface area (Å²) in [6, 6.07) is 7.66. The molecule has 1 heterocycles. The number of carbonyl (C=O) groups is 1. The summed E-state index contributed by atoms with van der Waals surface area (Å²) in [5.74, 6) is 0. The largest absolute Gasteiger partial charge is 0.361 e. The zero-order valence-electron chi connectivity index (χ0n) is 9.37. The second kappa shape index (κ2) is 4.26. The van der Waals surface area contributed by atoms with Gasteiger partial charge in [0.1, 0.15) is 0 Å². The highest BCUT2D eigenvalue weighted by Gasteiger charge is 2.06. The van der Waals surface area contributed by atoms with E-state index in [1.54, 1.807) is 0 Å². The van der Waals surface area contributed by atoms with Crippen LogP contribution in [0.1, 0.15) is 13.8 Å². The lowest BCUT2D eigenvalue weighted by atomic mass is 10.2. The summed E-state index contributed by atoms with van der Waals surface area (Å²) in [5.41, 5.74) is 1.83. The predicted octanol–water partition coefficient (Wildman–Crippen LogP) is 2.70. The molecule has 0 atom stereocenters. The summed E-state index contributed by atoms with van der Waals surface area (Å²) in [6.07, 6.45) is 1.86. The van der Waals surface area contributed by atoms with Gasteiger partial charge in [0, 0.05) is 23.1 Å². The molecule has 0 saturated carbocycles. The Balaban J connectivity index is 2.20. The minimum Gasteiger partial charge on any atom is -0.361 e. The molecule has 0 radical (unpaired) electrons. The monoisotopic (exact) mass is 217 g/mol. The van der Waals surface area contributed by atoms with Crippen LogP contribution in [-0.4, -0.2) is 17.1 Å². The van der Waals surface area contributed by atoms with Crippen LogP contribution in [0.15, 0.2) is 30.5 Å². The van der Waals surface area contributed by atoms with Gasteiger partial charge in [0.2, 0.25) is 0 Å². The quantitative estimate of drug-likeness (QED) is 0.711. The summed E-state index contributed by atoms with van der Waals surface area (Å²) >= 11 is 0. The predicted molar refractivity (Wildman–Crippen MR) is 65.6 cm³/mol. The van der Waals surface area contributed by atoms with Gasteiger partial charge < -0.3 is 15.6 Å². The highest BCUT2D eigenvalue weighted by molar-refractivity contribution is 6.00. The highest BCUT2D eigenvalue weighted by Crippen LogP contribution is 2.21. The van der Waals surface area contributed by atoms with Gasteiger partial charge in [-0.3, -0.25) is 0 Å². The zero-order chi connectivity index (χ0) is 11.5. The van der Waals surface area contributed by atoms with Gasteiger partial charge in [-0.25, -0.2) is 4.79 Å². The third-order valence-electron chi connectivity index (χ3n) is 2.26. The van der Waals surface area contributed by atoms with Crippen molar-refractivity contribution in [2.24, 2.45) is 0 Å². The highest BCUT2D eigenvalue weighted by atomic mass is 16.2. The number of aromatic nitrogens is 1.